The van der Waals surface area contributed by atoms with Crippen molar-refractivity contribution < 1.29 is 47.6 Å². The fourth-order valence-electron chi connectivity index (χ4n) is 0.538. The Kier molecular flexibility index (Phi) is 5.70. The number of hydrogen-bond acceptors (Lipinski definition) is 5. The van der Waals surface area contributed by atoms with E-state index in [9.17, 15) is 23.2 Å². The first-order valence-corrected chi connectivity index (χ1v) is 12.0. The molecule has 0 spiro atoms. The van der Waals surface area contributed by atoms with Crippen molar-refractivity contribution >= 4 is 43.4 Å². The predicted molar refractivity (Wildman–Crippen MR) is 55.6 cm³/mol. The molecule has 0 aromatic heterocycles. The Morgan fingerprint density at radius 3 is 1.62 bits per heavy atom. The molecule has 5 N–H and O–H groups in total. The van der Waals surface area contributed by atoms with Crippen molar-refractivity contribution in [3.8, 4) is 0 Å². The predicted octanol–water partition coefficient (Wildman–Crippen LogP) is -0.792. The van der Waals surface area contributed by atoms with Gasteiger partial charge >= 0.3 is 27.4 Å². The first-order chi connectivity index (χ1) is 6.79. The van der Waals surface area contributed by atoms with Gasteiger partial charge in [-0.3, -0.25) is 13.7 Å². The second-order valence-corrected chi connectivity index (χ2v) is 15.4. The van der Waals surface area contributed by atoms with E-state index >= 15 is 0 Å². The number of hydrogen-bond donors (Lipinski definition) is 5. The van der Waals surface area contributed by atoms with Gasteiger partial charge in [0.2, 0.25) is 7.91 Å². The standard InChI is InChI=1S/BH6O10P5/c2-13(3)1(12-15(6,7)8)14(4,5)16(9,10)11/h12H,(H,4,5)(H2,6,7,8)(H2,9,10,11). The van der Waals surface area contributed by atoms with E-state index in [1.54, 1.807) is 0 Å². The van der Waals surface area contributed by atoms with Crippen LogP contribution in [0, 0.1) is 0 Å². The van der Waals surface area contributed by atoms with Gasteiger partial charge in [0, 0.05) is 8.15 Å². The number of rotatable bonds is 5. The Labute approximate surface area is 91.6 Å². The van der Waals surface area contributed by atoms with Gasteiger partial charge in [-0.15, -0.1) is 4.57 Å². The van der Waals surface area contributed by atoms with Gasteiger partial charge in [0.15, 0.2) is 0 Å². The second kappa shape index (κ2) is 5.35. The molecule has 94 valence electrons. The summed E-state index contributed by atoms with van der Waals surface area (Å²) in [6.07, 6.45) is 0. The summed E-state index contributed by atoms with van der Waals surface area (Å²) in [4.78, 5) is 53.2. The molecule has 3 unspecified atom stereocenters. The molecule has 0 amide bonds. The second-order valence-electron chi connectivity index (χ2n) is 2.43. The zero-order valence-corrected chi connectivity index (χ0v) is 11.7. The van der Waals surface area contributed by atoms with Crippen molar-refractivity contribution in [1.82, 2.24) is 0 Å². The highest BCUT2D eigenvalue weighted by atomic mass is 32.1. The van der Waals surface area contributed by atoms with Crippen LogP contribution < -0.4 is 4.89 Å². The van der Waals surface area contributed by atoms with Crippen molar-refractivity contribution in [2.24, 2.45) is 0 Å². The van der Waals surface area contributed by atoms with Crippen LogP contribution in [0.5, 0.6) is 0 Å². The first kappa shape index (κ1) is 17.0. The Bertz CT molecular complexity index is 411. The lowest BCUT2D eigenvalue weighted by molar-refractivity contribution is -0.158. The molecule has 0 aromatic carbocycles. The van der Waals surface area contributed by atoms with Crippen LogP contribution in [0.15, 0.2) is 0 Å². The van der Waals surface area contributed by atoms with E-state index in [4.69, 9.17) is 24.5 Å². The van der Waals surface area contributed by atoms with Gasteiger partial charge in [-0.2, -0.15) is 0 Å². The minimum atomic E-state index is -5.67. The molecule has 0 aliphatic carbocycles. The van der Waals surface area contributed by atoms with Gasteiger partial charge < -0.3 is 29.4 Å². The van der Waals surface area contributed by atoms with Crippen LogP contribution in [-0.2, 0) is 18.3 Å². The molecule has 16 heavy (non-hydrogen) atoms. The minimum Gasteiger partial charge on any atom is -0.612 e. The van der Waals surface area contributed by atoms with E-state index in [2.05, 4.69) is 0 Å². The topological polar surface area (TPSA) is 192 Å². The average Bonchev–Trinajstić information content (AvgIpc) is 1.95. The van der Waals surface area contributed by atoms with Gasteiger partial charge in [-0.1, -0.05) is 0 Å². The summed E-state index contributed by atoms with van der Waals surface area (Å²) in [6.45, 7) is -5.55. The molecule has 0 aliphatic rings. The summed E-state index contributed by atoms with van der Waals surface area (Å²) in [5, 5.41) is 0. The average molecular weight is 332 g/mol. The van der Waals surface area contributed by atoms with E-state index in [1.165, 1.54) is 0 Å². The summed E-state index contributed by atoms with van der Waals surface area (Å²) >= 11 is 0. The highest BCUT2D eigenvalue weighted by Gasteiger charge is 2.63. The van der Waals surface area contributed by atoms with Gasteiger partial charge in [0.05, 0.1) is 0 Å². The lowest BCUT2D eigenvalue weighted by Gasteiger charge is -2.13. The molecule has 0 aliphatic heterocycles. The quantitative estimate of drug-likeness (QED) is 0.314. The maximum Gasteiger partial charge on any atom is 0.587 e. The van der Waals surface area contributed by atoms with Crippen LogP contribution in [0.4, 0.5) is 0 Å². The van der Waals surface area contributed by atoms with Crippen LogP contribution in [-0.4, -0.2) is 30.3 Å². The third-order valence-electron chi connectivity index (χ3n) is 1.18. The van der Waals surface area contributed by atoms with E-state index in [1.807, 2.05) is 0 Å². The summed E-state index contributed by atoms with van der Waals surface area (Å²) in [6, 6.07) is 0. The van der Waals surface area contributed by atoms with Gasteiger partial charge in [0.25, 0.3) is 0 Å². The molecule has 0 heterocycles. The molecule has 0 radical (unpaired) electrons. The normalized spacial score (nSPS) is 18.5. The highest BCUT2D eigenvalue weighted by Crippen LogP contribution is 2.83. The SMILES string of the molecule is O=[P+]([O-])B(PP(=O)(O)O)P(=O)(O)P(=O)(O)O. The molecule has 0 saturated heterocycles. The molecule has 10 nitrogen and oxygen atoms in total. The van der Waals surface area contributed by atoms with E-state index < -0.39 is 43.4 Å². The maximum atomic E-state index is 11.1. The van der Waals surface area contributed by atoms with Crippen LogP contribution in [0.1, 0.15) is 0 Å². The molecule has 0 rings (SSSR count). The van der Waals surface area contributed by atoms with Crippen molar-refractivity contribution in [3.63, 3.8) is 0 Å². The fourth-order valence-corrected chi connectivity index (χ4v) is 14.5. The smallest absolute Gasteiger partial charge is 0.587 e. The van der Waals surface area contributed by atoms with E-state index in [0.29, 0.717) is 0 Å². The Hall–Kier alpha value is 1.04. The van der Waals surface area contributed by atoms with Gasteiger partial charge in [0.1, 0.15) is 0 Å². The summed E-state index contributed by atoms with van der Waals surface area (Å²) in [7, 11) is -16.4. The molecule has 3 atom stereocenters. The molecule has 16 heteroatoms. The van der Waals surface area contributed by atoms with Crippen molar-refractivity contribution in [3.05, 3.63) is 0 Å². The molecule has 0 fully saturated rings. The maximum absolute atomic E-state index is 11.1. The molecule has 0 bridgehead atoms. The summed E-state index contributed by atoms with van der Waals surface area (Å²) < 4.78 is 42.6. The van der Waals surface area contributed by atoms with E-state index in [-0.39, 0.29) is 0 Å². The zero-order valence-electron chi connectivity index (χ0n) is 7.14. The van der Waals surface area contributed by atoms with Gasteiger partial charge in [-0.05, 0) is 0 Å². The van der Waals surface area contributed by atoms with Gasteiger partial charge in [-0.25, -0.2) is 0 Å². The fraction of sp³-hybridized carbons (Fsp3) is 0. The lowest BCUT2D eigenvalue weighted by atomic mass is 10.7. The molecular weight excluding hydrogens is 326 g/mol. The Morgan fingerprint density at radius 2 is 1.44 bits per heavy atom. The van der Waals surface area contributed by atoms with Crippen LogP contribution in [0.2, 0.25) is 0 Å². The van der Waals surface area contributed by atoms with Crippen molar-refractivity contribution in [1.29, 1.82) is 0 Å². The molecule has 0 aromatic rings. The monoisotopic (exact) mass is 332 g/mol. The Balaban J connectivity index is 5.42. The van der Waals surface area contributed by atoms with Crippen LogP contribution in [0.3, 0.4) is 0 Å². The molecule has 0 saturated carbocycles. The third kappa shape index (κ3) is 4.73. The van der Waals surface area contributed by atoms with Crippen molar-refractivity contribution in [2.45, 2.75) is 0 Å². The minimum absolute atomic E-state index is 1.90. The third-order valence-corrected chi connectivity index (χ3v) is 14.6. The van der Waals surface area contributed by atoms with Crippen LogP contribution in [0.25, 0.3) is 0 Å². The largest absolute Gasteiger partial charge is 0.612 e. The first-order valence-electron chi connectivity index (χ1n) is 3.14. The van der Waals surface area contributed by atoms with Crippen LogP contribution >= 0.6 is 37.6 Å². The summed E-state index contributed by atoms with van der Waals surface area (Å²) in [5.74, 6) is -2.65. The Morgan fingerprint density at radius 1 is 1.06 bits per heavy atom. The van der Waals surface area contributed by atoms with E-state index in [0.717, 1.165) is 0 Å². The van der Waals surface area contributed by atoms with Crippen molar-refractivity contribution in [2.75, 3.05) is 0 Å². The summed E-state index contributed by atoms with van der Waals surface area (Å²) in [5.41, 5.74) is 0. The molecular formula is H6BO10P5. The zero-order chi connectivity index (χ0) is 13.4. The highest BCUT2D eigenvalue weighted by molar-refractivity contribution is 8.64. The lowest BCUT2D eigenvalue weighted by Crippen LogP contribution is -2.09.